The van der Waals surface area contributed by atoms with Crippen LogP contribution in [0.4, 0.5) is 0 Å². The summed E-state index contributed by atoms with van der Waals surface area (Å²) in [6.07, 6.45) is 0.761. The van der Waals surface area contributed by atoms with Crippen molar-refractivity contribution in [3.05, 3.63) is 51.0 Å². The van der Waals surface area contributed by atoms with Crippen LogP contribution in [0.3, 0.4) is 0 Å². The first-order valence-electron chi connectivity index (χ1n) is 8.45. The van der Waals surface area contributed by atoms with Gasteiger partial charge in [-0.15, -0.1) is 0 Å². The Morgan fingerprint density at radius 1 is 1.20 bits per heavy atom. The Hall–Kier alpha value is -2.33. The molecule has 1 unspecified atom stereocenters. The first-order chi connectivity index (χ1) is 14.2. The fraction of sp³-hybridized carbons (Fsp3) is 0.158. The molecule has 1 saturated heterocycles. The summed E-state index contributed by atoms with van der Waals surface area (Å²) in [4.78, 5) is 36.2. The molecule has 1 aromatic heterocycles. The van der Waals surface area contributed by atoms with E-state index in [0.29, 0.717) is 27.1 Å². The summed E-state index contributed by atoms with van der Waals surface area (Å²) < 4.78 is 5.76. The number of halogens is 2. The van der Waals surface area contributed by atoms with E-state index in [9.17, 15) is 19.5 Å². The lowest BCUT2D eigenvalue weighted by atomic mass is 10.1. The van der Waals surface area contributed by atoms with Crippen molar-refractivity contribution < 1.29 is 29.0 Å². The molecule has 1 amide bonds. The van der Waals surface area contributed by atoms with Crippen molar-refractivity contribution in [1.82, 2.24) is 4.90 Å². The number of benzene rings is 1. The average molecular weight is 486 g/mol. The van der Waals surface area contributed by atoms with E-state index >= 15 is 0 Å². The molecule has 1 aliphatic heterocycles. The first kappa shape index (κ1) is 22.4. The third-order valence-corrected chi connectivity index (χ3v) is 6.12. The summed E-state index contributed by atoms with van der Waals surface area (Å²) in [5.74, 6) is -2.40. The average Bonchev–Trinajstić information content (AvgIpc) is 3.21. The number of nitrogens with zero attached hydrogens (tertiary/aromatic N) is 1. The largest absolute Gasteiger partial charge is 0.481 e. The van der Waals surface area contributed by atoms with E-state index in [0.717, 1.165) is 16.7 Å². The number of hydrogen-bond acceptors (Lipinski definition) is 6. The summed E-state index contributed by atoms with van der Waals surface area (Å²) >= 11 is 18.4. The van der Waals surface area contributed by atoms with E-state index in [1.807, 2.05) is 0 Å². The number of amides is 1. The number of carbonyl (C=O) groups is 3. The highest BCUT2D eigenvalue weighted by Gasteiger charge is 2.40. The van der Waals surface area contributed by atoms with Gasteiger partial charge in [-0.05, 0) is 30.7 Å². The maximum atomic E-state index is 12.8. The second-order valence-electron chi connectivity index (χ2n) is 6.14. The second-order valence-corrected chi connectivity index (χ2v) is 8.63. The van der Waals surface area contributed by atoms with E-state index in [1.165, 1.54) is 6.08 Å². The molecule has 0 radical (unpaired) electrons. The van der Waals surface area contributed by atoms with Crippen LogP contribution in [0.2, 0.25) is 10.0 Å². The van der Waals surface area contributed by atoms with Crippen LogP contribution in [-0.4, -0.2) is 43.3 Å². The van der Waals surface area contributed by atoms with Gasteiger partial charge in [-0.2, -0.15) is 0 Å². The van der Waals surface area contributed by atoms with Crippen LogP contribution in [0.15, 0.2) is 39.7 Å². The van der Waals surface area contributed by atoms with Crippen LogP contribution in [0, 0.1) is 0 Å². The van der Waals surface area contributed by atoms with E-state index in [2.05, 4.69) is 0 Å². The van der Waals surface area contributed by atoms with Gasteiger partial charge in [-0.25, -0.2) is 4.79 Å². The quantitative estimate of drug-likeness (QED) is 0.426. The molecule has 11 heteroatoms. The van der Waals surface area contributed by atoms with Crippen molar-refractivity contribution >= 4 is 75.4 Å². The van der Waals surface area contributed by atoms with Crippen molar-refractivity contribution in [1.29, 1.82) is 0 Å². The van der Waals surface area contributed by atoms with Gasteiger partial charge < -0.3 is 14.6 Å². The molecule has 0 aliphatic carbocycles. The molecular formula is C19H13Cl2NO6S2. The monoisotopic (exact) mass is 485 g/mol. The van der Waals surface area contributed by atoms with Crippen molar-refractivity contribution in [2.75, 3.05) is 0 Å². The molecule has 0 bridgehead atoms. The Labute approximate surface area is 190 Å². The van der Waals surface area contributed by atoms with Gasteiger partial charge in [0.15, 0.2) is 0 Å². The summed E-state index contributed by atoms with van der Waals surface area (Å²) in [6.45, 7) is 0. The number of aliphatic carboxylic acids is 2. The minimum Gasteiger partial charge on any atom is -0.481 e. The highest BCUT2D eigenvalue weighted by Crippen LogP contribution is 2.38. The maximum Gasteiger partial charge on any atom is 0.326 e. The molecular weight excluding hydrogens is 473 g/mol. The van der Waals surface area contributed by atoms with E-state index < -0.39 is 30.3 Å². The molecule has 1 aliphatic rings. The minimum absolute atomic E-state index is 0.0324. The van der Waals surface area contributed by atoms with E-state index in [-0.39, 0.29) is 15.6 Å². The number of carbonyl (C=O) groups excluding carboxylic acids is 1. The second kappa shape index (κ2) is 9.22. The Balaban J connectivity index is 1.86. The van der Waals surface area contributed by atoms with Crippen molar-refractivity contribution in [3.63, 3.8) is 0 Å². The maximum absolute atomic E-state index is 12.8. The van der Waals surface area contributed by atoms with Crippen LogP contribution in [-0.2, 0) is 14.4 Å². The Morgan fingerprint density at radius 3 is 2.47 bits per heavy atom. The standard InChI is InChI=1S/C19H13Cl2NO6S2/c20-10-2-1-3-11(21)16(10)13-6-4-9(28-13)8-14-17(25)22(19(29)30-14)12(18(26)27)5-7-15(23)24/h1-4,6,8,12H,5,7H2,(H,23,24)(H,26,27). The lowest BCUT2D eigenvalue weighted by Gasteiger charge is -2.22. The van der Waals surface area contributed by atoms with Gasteiger partial charge in [0.05, 0.1) is 20.5 Å². The first-order valence-corrected chi connectivity index (χ1v) is 10.4. The zero-order valence-corrected chi connectivity index (χ0v) is 18.1. The summed E-state index contributed by atoms with van der Waals surface area (Å²) in [5, 5.41) is 19.0. The minimum atomic E-state index is -1.37. The van der Waals surface area contributed by atoms with Crippen LogP contribution in [0.25, 0.3) is 17.4 Å². The fourth-order valence-corrected chi connectivity index (χ4v) is 4.72. The van der Waals surface area contributed by atoms with Crippen LogP contribution in [0.1, 0.15) is 18.6 Å². The SMILES string of the molecule is O=C(O)CCC(C(=O)O)N1C(=O)C(=Cc2ccc(-c3c(Cl)cccc3Cl)o2)SC1=S. The zero-order chi connectivity index (χ0) is 22.0. The molecule has 7 nitrogen and oxygen atoms in total. The van der Waals surface area contributed by atoms with Gasteiger partial charge in [0.2, 0.25) is 0 Å². The highest BCUT2D eigenvalue weighted by atomic mass is 35.5. The molecule has 2 aromatic rings. The number of carboxylic acids is 2. The molecule has 30 heavy (non-hydrogen) atoms. The predicted octanol–water partition coefficient (Wildman–Crippen LogP) is 4.77. The number of carboxylic acid groups (broad SMARTS) is 2. The highest BCUT2D eigenvalue weighted by molar-refractivity contribution is 8.26. The number of furan rings is 1. The summed E-state index contributed by atoms with van der Waals surface area (Å²) in [5.41, 5.74) is 0.507. The molecule has 156 valence electrons. The Bertz CT molecular complexity index is 1060. The van der Waals surface area contributed by atoms with E-state index in [1.54, 1.807) is 30.3 Å². The lowest BCUT2D eigenvalue weighted by Crippen LogP contribution is -2.44. The summed E-state index contributed by atoms with van der Waals surface area (Å²) in [7, 11) is 0. The fourth-order valence-electron chi connectivity index (χ4n) is 2.80. The van der Waals surface area contributed by atoms with Gasteiger partial charge >= 0.3 is 11.9 Å². The summed E-state index contributed by atoms with van der Waals surface area (Å²) in [6, 6.07) is 6.92. The normalized spacial score (nSPS) is 16.3. The molecule has 0 spiro atoms. The number of thioether (sulfide) groups is 1. The Kier molecular flexibility index (Phi) is 6.87. The van der Waals surface area contributed by atoms with Crippen molar-refractivity contribution in [2.45, 2.75) is 18.9 Å². The molecule has 1 aromatic carbocycles. The molecule has 1 fully saturated rings. The van der Waals surface area contributed by atoms with E-state index in [4.69, 9.17) is 44.9 Å². The smallest absolute Gasteiger partial charge is 0.326 e. The topological polar surface area (TPSA) is 108 Å². The third kappa shape index (κ3) is 4.70. The lowest BCUT2D eigenvalue weighted by molar-refractivity contribution is -0.146. The predicted molar refractivity (Wildman–Crippen MR) is 117 cm³/mol. The molecule has 2 heterocycles. The molecule has 2 N–H and O–H groups in total. The number of thiocarbonyl (C=S) groups is 1. The number of hydrogen-bond donors (Lipinski definition) is 2. The molecule has 0 saturated carbocycles. The van der Waals surface area contributed by atoms with Crippen LogP contribution < -0.4 is 0 Å². The van der Waals surface area contributed by atoms with Crippen LogP contribution >= 0.6 is 47.2 Å². The zero-order valence-electron chi connectivity index (χ0n) is 15.0. The van der Waals surface area contributed by atoms with Gasteiger partial charge in [0.1, 0.15) is 21.9 Å². The van der Waals surface area contributed by atoms with Crippen molar-refractivity contribution in [2.24, 2.45) is 0 Å². The molecule has 1 atom stereocenters. The van der Waals surface area contributed by atoms with Crippen LogP contribution in [0.5, 0.6) is 0 Å². The molecule has 3 rings (SSSR count). The number of rotatable bonds is 7. The van der Waals surface area contributed by atoms with Gasteiger partial charge in [0.25, 0.3) is 5.91 Å². The van der Waals surface area contributed by atoms with Gasteiger partial charge in [-0.1, -0.05) is 53.2 Å². The third-order valence-electron chi connectivity index (χ3n) is 4.16. The van der Waals surface area contributed by atoms with Crippen molar-refractivity contribution in [3.8, 4) is 11.3 Å². The Morgan fingerprint density at radius 2 is 1.87 bits per heavy atom. The van der Waals surface area contributed by atoms with Gasteiger partial charge in [0, 0.05) is 12.5 Å². The van der Waals surface area contributed by atoms with Gasteiger partial charge in [-0.3, -0.25) is 14.5 Å².